The number of aryl methyl sites for hydroxylation is 1. The van der Waals surface area contributed by atoms with Crippen molar-refractivity contribution in [3.63, 3.8) is 0 Å². The molecule has 90 valence electrons. The molecule has 3 unspecified atom stereocenters. The second kappa shape index (κ2) is 5.33. The Hall–Kier alpha value is -0.340. The van der Waals surface area contributed by atoms with Gasteiger partial charge in [0.1, 0.15) is 0 Å². The maximum atomic E-state index is 3.54. The number of hydrogen-bond acceptors (Lipinski definition) is 2. The van der Waals surface area contributed by atoms with Gasteiger partial charge in [0.2, 0.25) is 0 Å². The smallest absolute Gasteiger partial charge is 0.0357 e. The van der Waals surface area contributed by atoms with Gasteiger partial charge in [-0.05, 0) is 60.5 Å². The van der Waals surface area contributed by atoms with E-state index >= 15 is 0 Å². The Morgan fingerprint density at radius 1 is 1.38 bits per heavy atom. The van der Waals surface area contributed by atoms with Gasteiger partial charge in [-0.1, -0.05) is 19.8 Å². The average molecular weight is 237 g/mol. The van der Waals surface area contributed by atoms with Gasteiger partial charge in [-0.3, -0.25) is 0 Å². The summed E-state index contributed by atoms with van der Waals surface area (Å²) in [6.45, 7) is 4.64. The van der Waals surface area contributed by atoms with E-state index in [-0.39, 0.29) is 0 Å². The zero-order valence-corrected chi connectivity index (χ0v) is 11.4. The van der Waals surface area contributed by atoms with Crippen molar-refractivity contribution in [1.29, 1.82) is 0 Å². The molecule has 1 aromatic heterocycles. The van der Waals surface area contributed by atoms with Crippen molar-refractivity contribution in [3.8, 4) is 0 Å². The Labute approximate surface area is 103 Å². The van der Waals surface area contributed by atoms with Crippen molar-refractivity contribution < 1.29 is 0 Å². The van der Waals surface area contributed by atoms with Gasteiger partial charge in [0.25, 0.3) is 0 Å². The number of hydrogen-bond donors (Lipinski definition) is 1. The van der Waals surface area contributed by atoms with E-state index in [9.17, 15) is 0 Å². The fraction of sp³-hybridized carbons (Fsp3) is 0.714. The molecule has 2 heteroatoms. The quantitative estimate of drug-likeness (QED) is 0.833. The molecule has 0 radical (unpaired) electrons. The molecule has 1 heterocycles. The van der Waals surface area contributed by atoms with Crippen LogP contribution in [0.15, 0.2) is 10.8 Å². The minimum atomic E-state index is 0.578. The van der Waals surface area contributed by atoms with Gasteiger partial charge in [-0.25, -0.2) is 0 Å². The summed E-state index contributed by atoms with van der Waals surface area (Å²) in [4.78, 5) is 0. The first-order valence-electron chi connectivity index (χ1n) is 6.42. The van der Waals surface area contributed by atoms with E-state index in [0.29, 0.717) is 6.04 Å². The average Bonchev–Trinajstić information content (AvgIpc) is 2.67. The molecule has 1 aromatic rings. The number of nitrogens with one attached hydrogen (secondary N) is 1. The first-order chi connectivity index (χ1) is 7.72. The highest BCUT2D eigenvalue weighted by atomic mass is 32.1. The first kappa shape index (κ1) is 12.1. The Balaban J connectivity index is 2.13. The summed E-state index contributed by atoms with van der Waals surface area (Å²) in [6.07, 6.45) is 5.62. The summed E-state index contributed by atoms with van der Waals surface area (Å²) in [7, 11) is 2.11. The van der Waals surface area contributed by atoms with Crippen molar-refractivity contribution in [3.05, 3.63) is 21.9 Å². The summed E-state index contributed by atoms with van der Waals surface area (Å²) < 4.78 is 0. The fourth-order valence-electron chi connectivity index (χ4n) is 3.12. The van der Waals surface area contributed by atoms with Crippen LogP contribution in [0.3, 0.4) is 0 Å². The van der Waals surface area contributed by atoms with E-state index in [0.717, 1.165) is 11.8 Å². The highest BCUT2D eigenvalue weighted by Gasteiger charge is 2.27. The monoisotopic (exact) mass is 237 g/mol. The molecule has 0 aliphatic heterocycles. The van der Waals surface area contributed by atoms with Crippen LogP contribution in [0.5, 0.6) is 0 Å². The molecular weight excluding hydrogens is 214 g/mol. The van der Waals surface area contributed by atoms with E-state index in [1.54, 1.807) is 0 Å². The zero-order chi connectivity index (χ0) is 11.5. The van der Waals surface area contributed by atoms with Crippen LogP contribution in [0.25, 0.3) is 0 Å². The predicted octanol–water partition coefficient (Wildman–Crippen LogP) is 4.14. The van der Waals surface area contributed by atoms with E-state index in [1.807, 2.05) is 11.3 Å². The third-order valence-corrected chi connectivity index (χ3v) is 4.87. The van der Waals surface area contributed by atoms with E-state index in [2.05, 4.69) is 37.0 Å². The second-order valence-corrected chi connectivity index (χ2v) is 6.05. The van der Waals surface area contributed by atoms with Crippen molar-refractivity contribution in [2.24, 2.45) is 11.8 Å². The van der Waals surface area contributed by atoms with Gasteiger partial charge in [0, 0.05) is 6.04 Å². The molecule has 0 aromatic carbocycles. The normalized spacial score (nSPS) is 27.9. The van der Waals surface area contributed by atoms with E-state index in [4.69, 9.17) is 0 Å². The molecule has 1 nitrogen and oxygen atoms in total. The lowest BCUT2D eigenvalue weighted by molar-refractivity contribution is 0.230. The van der Waals surface area contributed by atoms with Crippen LogP contribution in [0, 0.1) is 18.8 Å². The SMILES string of the molecule is CNC(c1cscc1C)C1CCCC(C)C1. The molecule has 1 fully saturated rings. The zero-order valence-electron chi connectivity index (χ0n) is 10.6. The van der Waals surface area contributed by atoms with Gasteiger partial charge in [0.05, 0.1) is 0 Å². The summed E-state index contributed by atoms with van der Waals surface area (Å²) in [5.41, 5.74) is 2.99. The third kappa shape index (κ3) is 2.49. The van der Waals surface area contributed by atoms with Crippen LogP contribution in [-0.2, 0) is 0 Å². The van der Waals surface area contributed by atoms with Crippen LogP contribution < -0.4 is 5.32 Å². The Morgan fingerprint density at radius 2 is 2.19 bits per heavy atom. The van der Waals surface area contributed by atoms with Crippen LogP contribution >= 0.6 is 11.3 Å². The Kier molecular flexibility index (Phi) is 4.04. The molecule has 0 bridgehead atoms. The standard InChI is InChI=1S/C14H23NS/c1-10-5-4-6-12(7-10)14(15-3)13-9-16-8-11(13)2/h8-10,12,14-15H,4-7H2,1-3H3. The van der Waals surface area contributed by atoms with Gasteiger partial charge in [0.15, 0.2) is 0 Å². The molecule has 1 saturated carbocycles. The fourth-order valence-corrected chi connectivity index (χ4v) is 4.01. The third-order valence-electron chi connectivity index (χ3n) is 3.99. The topological polar surface area (TPSA) is 12.0 Å². The minimum absolute atomic E-state index is 0.578. The maximum Gasteiger partial charge on any atom is 0.0357 e. The Morgan fingerprint density at radius 3 is 2.75 bits per heavy atom. The maximum absolute atomic E-state index is 3.54. The summed E-state index contributed by atoms with van der Waals surface area (Å²) >= 11 is 1.83. The lowest BCUT2D eigenvalue weighted by Gasteiger charge is -2.33. The predicted molar refractivity (Wildman–Crippen MR) is 72.0 cm³/mol. The molecule has 0 spiro atoms. The highest BCUT2D eigenvalue weighted by Crippen LogP contribution is 2.38. The van der Waals surface area contributed by atoms with Crippen molar-refractivity contribution in [2.45, 2.75) is 45.6 Å². The minimum Gasteiger partial charge on any atom is -0.313 e. The van der Waals surface area contributed by atoms with Crippen LogP contribution in [-0.4, -0.2) is 7.05 Å². The van der Waals surface area contributed by atoms with Crippen molar-refractivity contribution in [1.82, 2.24) is 5.32 Å². The molecule has 1 aliphatic rings. The van der Waals surface area contributed by atoms with Crippen LogP contribution in [0.2, 0.25) is 0 Å². The first-order valence-corrected chi connectivity index (χ1v) is 7.36. The van der Waals surface area contributed by atoms with Gasteiger partial charge in [-0.15, -0.1) is 0 Å². The van der Waals surface area contributed by atoms with Crippen LogP contribution in [0.4, 0.5) is 0 Å². The van der Waals surface area contributed by atoms with Crippen molar-refractivity contribution >= 4 is 11.3 Å². The summed E-state index contributed by atoms with van der Waals surface area (Å²) in [5.74, 6) is 1.75. The Bertz CT molecular complexity index is 331. The van der Waals surface area contributed by atoms with E-state index < -0.39 is 0 Å². The lowest BCUT2D eigenvalue weighted by Crippen LogP contribution is -2.29. The van der Waals surface area contributed by atoms with Crippen molar-refractivity contribution in [2.75, 3.05) is 7.05 Å². The lowest BCUT2D eigenvalue weighted by atomic mass is 9.76. The molecular formula is C14H23NS. The molecule has 0 saturated heterocycles. The van der Waals surface area contributed by atoms with Crippen LogP contribution in [0.1, 0.15) is 49.8 Å². The van der Waals surface area contributed by atoms with Gasteiger partial charge < -0.3 is 5.32 Å². The molecule has 1 N–H and O–H groups in total. The summed E-state index contributed by atoms with van der Waals surface area (Å²) in [5, 5.41) is 8.14. The largest absolute Gasteiger partial charge is 0.313 e. The molecule has 0 amide bonds. The summed E-state index contributed by atoms with van der Waals surface area (Å²) in [6, 6.07) is 0.578. The van der Waals surface area contributed by atoms with Gasteiger partial charge >= 0.3 is 0 Å². The highest BCUT2D eigenvalue weighted by molar-refractivity contribution is 7.08. The molecule has 3 atom stereocenters. The number of thiophene rings is 1. The van der Waals surface area contributed by atoms with Gasteiger partial charge in [-0.2, -0.15) is 11.3 Å². The number of rotatable bonds is 3. The molecule has 2 rings (SSSR count). The molecule has 16 heavy (non-hydrogen) atoms. The van der Waals surface area contributed by atoms with E-state index in [1.165, 1.54) is 36.8 Å². The second-order valence-electron chi connectivity index (χ2n) is 5.31. The molecule has 1 aliphatic carbocycles.